The number of hydrogen-bond acceptors (Lipinski definition) is 3. The number of aliphatic hydroxyl groups is 2. The fraction of sp³-hybridized carbons (Fsp3) is 0.875. The van der Waals surface area contributed by atoms with E-state index in [1.54, 1.807) is 0 Å². The maximum absolute atomic E-state index is 10.5. The predicted octanol–water partition coefficient (Wildman–Crippen LogP) is 0.487. The van der Waals surface area contributed by atoms with Crippen LogP contribution in [0.25, 0.3) is 0 Å². The van der Waals surface area contributed by atoms with Crippen LogP contribution in [0.2, 0.25) is 0 Å². The summed E-state index contributed by atoms with van der Waals surface area (Å²) in [6, 6.07) is 0. The van der Waals surface area contributed by atoms with Gasteiger partial charge in [-0.1, -0.05) is 19.8 Å². The number of rotatable bonds is 5. The van der Waals surface area contributed by atoms with Crippen LogP contribution in [0.15, 0.2) is 0 Å². The highest BCUT2D eigenvalue weighted by molar-refractivity contribution is 5.80. The summed E-state index contributed by atoms with van der Waals surface area (Å²) >= 11 is 0. The van der Waals surface area contributed by atoms with Gasteiger partial charge in [-0.05, 0) is 13.3 Å². The lowest BCUT2D eigenvalue weighted by molar-refractivity contribution is -0.130. The van der Waals surface area contributed by atoms with Crippen LogP contribution < -0.4 is 0 Å². The Morgan fingerprint density at radius 2 is 2.00 bits per heavy atom. The molecule has 0 rings (SSSR count). The van der Waals surface area contributed by atoms with Gasteiger partial charge in [0.15, 0.2) is 5.78 Å². The molecule has 0 fully saturated rings. The van der Waals surface area contributed by atoms with Gasteiger partial charge < -0.3 is 10.2 Å². The summed E-state index contributed by atoms with van der Waals surface area (Å²) in [4.78, 5) is 10.5. The van der Waals surface area contributed by atoms with Crippen LogP contribution in [0.3, 0.4) is 0 Å². The Morgan fingerprint density at radius 1 is 1.45 bits per heavy atom. The van der Waals surface area contributed by atoms with Gasteiger partial charge in [0, 0.05) is 0 Å². The van der Waals surface area contributed by atoms with Gasteiger partial charge in [0.05, 0.1) is 6.10 Å². The number of carbonyl (C=O) groups is 1. The van der Waals surface area contributed by atoms with Crippen LogP contribution >= 0.6 is 0 Å². The first-order valence-corrected chi connectivity index (χ1v) is 3.96. The van der Waals surface area contributed by atoms with Crippen LogP contribution in [0.5, 0.6) is 0 Å². The smallest absolute Gasteiger partial charge is 0.160 e. The van der Waals surface area contributed by atoms with E-state index >= 15 is 0 Å². The zero-order valence-electron chi connectivity index (χ0n) is 7.08. The lowest BCUT2D eigenvalue weighted by Gasteiger charge is -2.13. The SMILES string of the molecule is CCCC[C@H](O)[C@@H](O)C(C)=O. The zero-order valence-corrected chi connectivity index (χ0v) is 7.08. The van der Waals surface area contributed by atoms with Gasteiger partial charge in [-0.25, -0.2) is 0 Å². The fourth-order valence-corrected chi connectivity index (χ4v) is 0.842. The third-order valence-corrected chi connectivity index (χ3v) is 1.63. The largest absolute Gasteiger partial charge is 0.390 e. The van der Waals surface area contributed by atoms with E-state index in [4.69, 9.17) is 10.2 Å². The second-order valence-corrected chi connectivity index (χ2v) is 2.77. The Morgan fingerprint density at radius 3 is 2.36 bits per heavy atom. The van der Waals surface area contributed by atoms with Gasteiger partial charge >= 0.3 is 0 Å². The lowest BCUT2D eigenvalue weighted by atomic mass is 10.1. The molecule has 0 saturated heterocycles. The Bertz CT molecular complexity index is 123. The van der Waals surface area contributed by atoms with Crippen LogP contribution in [0.1, 0.15) is 33.1 Å². The van der Waals surface area contributed by atoms with E-state index in [2.05, 4.69) is 0 Å². The Hall–Kier alpha value is -0.410. The molecule has 11 heavy (non-hydrogen) atoms. The van der Waals surface area contributed by atoms with Crippen LogP contribution in [0, 0.1) is 0 Å². The molecule has 0 aliphatic heterocycles. The number of unbranched alkanes of at least 4 members (excludes halogenated alkanes) is 1. The van der Waals surface area contributed by atoms with Crippen molar-refractivity contribution in [1.29, 1.82) is 0 Å². The van der Waals surface area contributed by atoms with E-state index in [1.165, 1.54) is 6.92 Å². The molecule has 66 valence electrons. The van der Waals surface area contributed by atoms with Crippen molar-refractivity contribution >= 4 is 5.78 Å². The summed E-state index contributed by atoms with van der Waals surface area (Å²) < 4.78 is 0. The standard InChI is InChI=1S/C8H16O3/c1-3-4-5-7(10)8(11)6(2)9/h7-8,10-11H,3-5H2,1-2H3/t7-,8-/m0/s1. The summed E-state index contributed by atoms with van der Waals surface area (Å²) in [7, 11) is 0. The van der Waals surface area contributed by atoms with E-state index in [0.717, 1.165) is 12.8 Å². The maximum Gasteiger partial charge on any atom is 0.160 e. The summed E-state index contributed by atoms with van der Waals surface area (Å²) in [5, 5.41) is 18.2. The first-order valence-electron chi connectivity index (χ1n) is 3.96. The summed E-state index contributed by atoms with van der Waals surface area (Å²) in [5.74, 6) is -0.367. The van der Waals surface area contributed by atoms with Gasteiger partial charge in [-0.2, -0.15) is 0 Å². The van der Waals surface area contributed by atoms with E-state index in [0.29, 0.717) is 6.42 Å². The van der Waals surface area contributed by atoms with Crippen LogP contribution in [0.4, 0.5) is 0 Å². The third-order valence-electron chi connectivity index (χ3n) is 1.63. The second-order valence-electron chi connectivity index (χ2n) is 2.77. The summed E-state index contributed by atoms with van der Waals surface area (Å²) in [6.07, 6.45) is 0.221. The summed E-state index contributed by atoms with van der Waals surface area (Å²) in [5.41, 5.74) is 0. The van der Waals surface area contributed by atoms with E-state index < -0.39 is 12.2 Å². The minimum Gasteiger partial charge on any atom is -0.390 e. The molecule has 0 aromatic carbocycles. The van der Waals surface area contributed by atoms with Crippen molar-refractivity contribution < 1.29 is 15.0 Å². The number of hydrogen-bond donors (Lipinski definition) is 2. The number of ketones is 1. The molecule has 0 aliphatic carbocycles. The van der Waals surface area contributed by atoms with Gasteiger partial charge in [-0.15, -0.1) is 0 Å². The van der Waals surface area contributed by atoms with Gasteiger partial charge in [0.1, 0.15) is 6.10 Å². The Labute approximate surface area is 67.0 Å². The highest BCUT2D eigenvalue weighted by Crippen LogP contribution is 2.05. The molecular weight excluding hydrogens is 144 g/mol. The van der Waals surface area contributed by atoms with Gasteiger partial charge in [0.25, 0.3) is 0 Å². The third kappa shape index (κ3) is 4.11. The molecule has 2 N–H and O–H groups in total. The minimum atomic E-state index is -1.19. The second kappa shape index (κ2) is 5.27. The summed E-state index contributed by atoms with van der Waals surface area (Å²) in [6.45, 7) is 3.27. The monoisotopic (exact) mass is 160 g/mol. The topological polar surface area (TPSA) is 57.5 Å². The average Bonchev–Trinajstić information content (AvgIpc) is 1.98. The predicted molar refractivity (Wildman–Crippen MR) is 42.2 cm³/mol. The van der Waals surface area contributed by atoms with Crippen molar-refractivity contribution in [2.75, 3.05) is 0 Å². The van der Waals surface area contributed by atoms with Crippen LogP contribution in [-0.2, 0) is 4.79 Å². The van der Waals surface area contributed by atoms with Crippen molar-refractivity contribution in [1.82, 2.24) is 0 Å². The van der Waals surface area contributed by atoms with Crippen molar-refractivity contribution in [2.24, 2.45) is 0 Å². The van der Waals surface area contributed by atoms with Gasteiger partial charge in [0.2, 0.25) is 0 Å². The highest BCUT2D eigenvalue weighted by atomic mass is 16.3. The molecule has 3 nitrogen and oxygen atoms in total. The Kier molecular flexibility index (Phi) is 5.07. The van der Waals surface area contributed by atoms with Crippen molar-refractivity contribution in [3.63, 3.8) is 0 Å². The van der Waals surface area contributed by atoms with Crippen molar-refractivity contribution in [3.05, 3.63) is 0 Å². The Balaban J connectivity index is 3.63. The molecule has 0 heterocycles. The molecule has 0 aromatic heterocycles. The molecule has 3 heteroatoms. The molecule has 0 spiro atoms. The molecular formula is C8H16O3. The van der Waals surface area contributed by atoms with E-state index in [1.807, 2.05) is 6.92 Å². The number of carbonyl (C=O) groups excluding carboxylic acids is 1. The molecule has 0 bridgehead atoms. The number of aliphatic hydroxyl groups excluding tert-OH is 2. The van der Waals surface area contributed by atoms with E-state index in [-0.39, 0.29) is 5.78 Å². The van der Waals surface area contributed by atoms with Crippen molar-refractivity contribution in [2.45, 2.75) is 45.3 Å². The van der Waals surface area contributed by atoms with E-state index in [9.17, 15) is 4.79 Å². The normalized spacial score (nSPS) is 16.0. The average molecular weight is 160 g/mol. The highest BCUT2D eigenvalue weighted by Gasteiger charge is 2.19. The first-order chi connectivity index (χ1) is 5.09. The van der Waals surface area contributed by atoms with Crippen LogP contribution in [-0.4, -0.2) is 28.2 Å². The molecule has 0 amide bonds. The molecule has 2 atom stereocenters. The number of Topliss-reactive ketones (excluding diaryl/α,β-unsaturated/α-hetero) is 1. The minimum absolute atomic E-state index is 0.367. The quantitative estimate of drug-likeness (QED) is 0.615. The first kappa shape index (κ1) is 10.6. The zero-order chi connectivity index (χ0) is 8.85. The fourth-order valence-electron chi connectivity index (χ4n) is 0.842. The molecule has 0 aromatic rings. The van der Waals surface area contributed by atoms with Gasteiger partial charge in [-0.3, -0.25) is 4.79 Å². The van der Waals surface area contributed by atoms with Crippen molar-refractivity contribution in [3.8, 4) is 0 Å². The molecule has 0 saturated carbocycles. The lowest BCUT2D eigenvalue weighted by Crippen LogP contribution is -2.32. The molecule has 0 unspecified atom stereocenters. The molecule has 0 radical (unpaired) electrons. The maximum atomic E-state index is 10.5. The molecule has 0 aliphatic rings.